The average molecular weight is 389 g/mol. The molecule has 0 spiro atoms. The summed E-state index contributed by atoms with van der Waals surface area (Å²) in [6.45, 7) is 0. The van der Waals surface area contributed by atoms with E-state index in [0.717, 1.165) is 19.1 Å². The molecule has 1 aromatic carbocycles. The summed E-state index contributed by atoms with van der Waals surface area (Å²) in [5.41, 5.74) is -0.0393. The summed E-state index contributed by atoms with van der Waals surface area (Å²) in [6, 6.07) is 2.47. The van der Waals surface area contributed by atoms with E-state index >= 15 is 0 Å². The molecule has 24 heavy (non-hydrogen) atoms. The number of esters is 1. The van der Waals surface area contributed by atoms with E-state index in [-0.39, 0.29) is 38.1 Å². The van der Waals surface area contributed by atoms with E-state index in [4.69, 9.17) is 27.9 Å². The highest BCUT2D eigenvalue weighted by molar-refractivity contribution is 7.90. The average Bonchev–Trinajstić information content (AvgIpc) is 2.92. The van der Waals surface area contributed by atoms with Gasteiger partial charge in [-0.2, -0.15) is 0 Å². The molecule has 0 saturated heterocycles. The van der Waals surface area contributed by atoms with Crippen molar-refractivity contribution in [1.82, 2.24) is 0 Å². The molecule has 0 amide bonds. The van der Waals surface area contributed by atoms with Gasteiger partial charge < -0.3 is 4.74 Å². The number of hydrogen-bond donors (Lipinski definition) is 0. The third-order valence-corrected chi connectivity index (χ3v) is 6.53. The van der Waals surface area contributed by atoms with Gasteiger partial charge in [-0.25, -0.2) is 13.2 Å². The Balaban J connectivity index is 1.89. The van der Waals surface area contributed by atoms with Crippen molar-refractivity contribution in [2.24, 2.45) is 11.8 Å². The molecule has 2 bridgehead atoms. The van der Waals surface area contributed by atoms with Gasteiger partial charge in [-0.05, 0) is 31.4 Å². The van der Waals surface area contributed by atoms with Crippen LogP contribution in [-0.2, 0) is 19.4 Å². The van der Waals surface area contributed by atoms with E-state index in [2.05, 4.69) is 0 Å². The second kappa shape index (κ2) is 6.17. The first-order valence-corrected chi connectivity index (χ1v) is 9.99. The van der Waals surface area contributed by atoms with Crippen LogP contribution in [0.5, 0.6) is 0 Å². The van der Waals surface area contributed by atoms with Crippen LogP contribution in [0.25, 0.3) is 0 Å². The fraction of sp³-hybridized carbons (Fsp3) is 0.375. The Morgan fingerprint density at radius 2 is 1.83 bits per heavy atom. The van der Waals surface area contributed by atoms with Crippen molar-refractivity contribution in [2.45, 2.75) is 24.2 Å². The molecule has 1 aromatic rings. The number of benzene rings is 1. The maximum atomic E-state index is 12.4. The number of halogens is 2. The van der Waals surface area contributed by atoms with E-state index in [1.54, 1.807) is 0 Å². The molecule has 2 aliphatic rings. The van der Waals surface area contributed by atoms with E-state index in [1.807, 2.05) is 0 Å². The van der Waals surface area contributed by atoms with Crippen molar-refractivity contribution in [1.29, 1.82) is 0 Å². The van der Waals surface area contributed by atoms with E-state index in [0.29, 0.717) is 12.2 Å². The third-order valence-electron chi connectivity index (χ3n) is 4.40. The van der Waals surface area contributed by atoms with Crippen molar-refractivity contribution in [3.05, 3.63) is 39.6 Å². The molecule has 0 radical (unpaired) electrons. The van der Waals surface area contributed by atoms with Crippen molar-refractivity contribution in [3.63, 3.8) is 0 Å². The molecule has 1 saturated carbocycles. The van der Waals surface area contributed by atoms with Crippen LogP contribution >= 0.6 is 23.2 Å². The van der Waals surface area contributed by atoms with Crippen LogP contribution < -0.4 is 0 Å². The van der Waals surface area contributed by atoms with Gasteiger partial charge in [0.1, 0.15) is 5.76 Å². The Labute approximate surface area is 149 Å². The Morgan fingerprint density at radius 3 is 2.50 bits per heavy atom. The monoisotopic (exact) mass is 388 g/mol. The SMILES string of the molecule is CS(=O)(=O)c1ccc(C(=O)OC2=CC(=O)C3CCC2C3)c(Cl)c1Cl. The molecule has 128 valence electrons. The third kappa shape index (κ3) is 3.10. The summed E-state index contributed by atoms with van der Waals surface area (Å²) in [7, 11) is -3.56. The van der Waals surface area contributed by atoms with Crippen LogP contribution in [0.4, 0.5) is 0 Å². The number of rotatable bonds is 3. The summed E-state index contributed by atoms with van der Waals surface area (Å²) < 4.78 is 28.6. The molecular weight excluding hydrogens is 375 g/mol. The molecule has 5 nitrogen and oxygen atoms in total. The molecule has 2 aliphatic carbocycles. The van der Waals surface area contributed by atoms with Crippen molar-refractivity contribution in [2.75, 3.05) is 6.26 Å². The van der Waals surface area contributed by atoms with Crippen LogP contribution in [0.1, 0.15) is 29.6 Å². The van der Waals surface area contributed by atoms with Gasteiger partial charge in [0.05, 0.1) is 20.5 Å². The quantitative estimate of drug-likeness (QED) is 0.741. The molecular formula is C16H14Cl2O5S. The number of ether oxygens (including phenoxy) is 1. The molecule has 0 heterocycles. The molecule has 2 atom stereocenters. The molecule has 1 fully saturated rings. The zero-order chi connectivity index (χ0) is 17.6. The smallest absolute Gasteiger partial charge is 0.344 e. The highest BCUT2D eigenvalue weighted by Gasteiger charge is 2.38. The van der Waals surface area contributed by atoms with Crippen molar-refractivity contribution < 1.29 is 22.7 Å². The fourth-order valence-corrected chi connectivity index (χ4v) is 4.75. The lowest BCUT2D eigenvalue weighted by molar-refractivity contribution is -0.118. The van der Waals surface area contributed by atoms with Crippen LogP contribution in [0.2, 0.25) is 10.0 Å². The largest absolute Gasteiger partial charge is 0.427 e. The van der Waals surface area contributed by atoms with E-state index in [9.17, 15) is 18.0 Å². The summed E-state index contributed by atoms with van der Waals surface area (Å²) >= 11 is 12.0. The number of ketones is 1. The summed E-state index contributed by atoms with van der Waals surface area (Å²) in [5.74, 6) is -0.349. The maximum Gasteiger partial charge on any atom is 0.344 e. The Hall–Kier alpha value is -1.37. The van der Waals surface area contributed by atoms with E-state index in [1.165, 1.54) is 18.2 Å². The number of carbonyl (C=O) groups is 2. The number of hydrogen-bond acceptors (Lipinski definition) is 5. The van der Waals surface area contributed by atoms with Gasteiger partial charge in [0.2, 0.25) is 0 Å². The van der Waals surface area contributed by atoms with Gasteiger partial charge in [0, 0.05) is 24.2 Å². The highest BCUT2D eigenvalue weighted by atomic mass is 35.5. The van der Waals surface area contributed by atoms with Crippen LogP contribution in [0.3, 0.4) is 0 Å². The first-order chi connectivity index (χ1) is 11.2. The van der Waals surface area contributed by atoms with Gasteiger partial charge >= 0.3 is 5.97 Å². The Bertz CT molecular complexity index is 873. The maximum absolute atomic E-state index is 12.4. The first kappa shape index (κ1) is 17.5. The predicted molar refractivity (Wildman–Crippen MR) is 88.9 cm³/mol. The van der Waals surface area contributed by atoms with Gasteiger partial charge in [-0.1, -0.05) is 23.2 Å². The molecule has 0 aromatic heterocycles. The standard InChI is InChI=1S/C16H14Cl2O5S/c1-24(21,22)13-5-4-10(14(17)15(13)18)16(20)23-12-7-11(19)8-2-3-9(12)6-8/h4-5,7-9H,2-3,6H2,1H3. The summed E-state index contributed by atoms with van der Waals surface area (Å²) in [4.78, 5) is 24.1. The number of allylic oxidation sites excluding steroid dienone is 2. The Morgan fingerprint density at radius 1 is 1.17 bits per heavy atom. The van der Waals surface area contributed by atoms with Gasteiger partial charge in [-0.3, -0.25) is 4.79 Å². The van der Waals surface area contributed by atoms with E-state index < -0.39 is 15.8 Å². The topological polar surface area (TPSA) is 77.5 Å². The van der Waals surface area contributed by atoms with Crippen molar-refractivity contribution >= 4 is 44.8 Å². The van der Waals surface area contributed by atoms with Gasteiger partial charge in [-0.15, -0.1) is 0 Å². The number of sulfone groups is 1. The first-order valence-electron chi connectivity index (χ1n) is 7.34. The molecule has 8 heteroatoms. The summed E-state index contributed by atoms with van der Waals surface area (Å²) in [6.07, 6.45) is 4.68. The fourth-order valence-electron chi connectivity index (χ4n) is 3.12. The minimum atomic E-state index is -3.56. The minimum Gasteiger partial charge on any atom is -0.427 e. The zero-order valence-electron chi connectivity index (χ0n) is 12.7. The van der Waals surface area contributed by atoms with Gasteiger partial charge in [0.25, 0.3) is 0 Å². The van der Waals surface area contributed by atoms with Crippen LogP contribution in [0.15, 0.2) is 28.9 Å². The normalized spacial score (nSPS) is 23.1. The van der Waals surface area contributed by atoms with Gasteiger partial charge in [0.15, 0.2) is 15.6 Å². The molecule has 0 N–H and O–H groups in total. The molecule has 3 rings (SSSR count). The lowest BCUT2D eigenvalue weighted by atomic mass is 9.93. The number of fused-ring (bicyclic) bond motifs is 2. The van der Waals surface area contributed by atoms with Crippen LogP contribution in [-0.4, -0.2) is 26.4 Å². The number of carbonyl (C=O) groups excluding carboxylic acids is 2. The Kier molecular flexibility index (Phi) is 4.49. The molecule has 0 aliphatic heterocycles. The highest BCUT2D eigenvalue weighted by Crippen LogP contribution is 2.41. The second-order valence-corrected chi connectivity index (χ2v) is 8.80. The van der Waals surface area contributed by atoms with Crippen LogP contribution in [0, 0.1) is 11.8 Å². The van der Waals surface area contributed by atoms with Crippen molar-refractivity contribution in [3.8, 4) is 0 Å². The molecule has 2 unspecified atom stereocenters. The zero-order valence-corrected chi connectivity index (χ0v) is 15.0. The minimum absolute atomic E-state index is 0.0249. The predicted octanol–water partition coefficient (Wildman–Crippen LogP) is 3.44. The second-order valence-electron chi connectivity index (χ2n) is 6.06. The lowest BCUT2D eigenvalue weighted by Crippen LogP contribution is -2.19. The summed E-state index contributed by atoms with van der Waals surface area (Å²) in [5, 5.41) is -0.403. The lowest BCUT2D eigenvalue weighted by Gasteiger charge is -2.19.